The smallest absolute Gasteiger partial charge is 0.332 e. The number of fused-ring (bicyclic) bond motifs is 1. The Morgan fingerprint density at radius 1 is 1.04 bits per heavy atom. The molecule has 0 unspecified atom stereocenters. The third-order valence-electron chi connectivity index (χ3n) is 5.20. The number of aryl methyl sites for hydroxylation is 1. The summed E-state index contributed by atoms with van der Waals surface area (Å²) in [5.41, 5.74) is 1.61. The molecule has 7 nitrogen and oxygen atoms in total. The first kappa shape index (κ1) is 18.2. The van der Waals surface area contributed by atoms with Crippen LogP contribution in [0.4, 0.5) is 0 Å². The predicted molar refractivity (Wildman–Crippen MR) is 106 cm³/mol. The number of hydrogen-bond acceptors (Lipinski definition) is 4. The van der Waals surface area contributed by atoms with Gasteiger partial charge in [0.15, 0.2) is 5.52 Å². The number of pyridine rings is 1. The van der Waals surface area contributed by atoms with Crippen molar-refractivity contribution >= 4 is 16.9 Å². The molecule has 1 aromatic carbocycles. The zero-order valence-electron chi connectivity index (χ0n) is 15.8. The van der Waals surface area contributed by atoms with Crippen LogP contribution in [-0.2, 0) is 17.9 Å². The Balaban J connectivity index is 1.81. The number of likely N-dealkylation sites (tertiary alicyclic amines) is 1. The Labute approximate surface area is 161 Å². The van der Waals surface area contributed by atoms with E-state index in [1.807, 2.05) is 31.2 Å². The second-order valence-corrected chi connectivity index (χ2v) is 7.20. The maximum absolute atomic E-state index is 13.2. The second kappa shape index (κ2) is 7.42. The van der Waals surface area contributed by atoms with Gasteiger partial charge in [0.2, 0.25) is 5.91 Å². The Morgan fingerprint density at radius 3 is 2.46 bits per heavy atom. The monoisotopic (exact) mass is 378 g/mol. The van der Waals surface area contributed by atoms with Crippen molar-refractivity contribution in [2.75, 3.05) is 13.1 Å². The molecule has 0 radical (unpaired) electrons. The molecule has 0 spiro atoms. The molecule has 1 saturated heterocycles. The van der Waals surface area contributed by atoms with Crippen LogP contribution in [-0.4, -0.2) is 38.0 Å². The highest BCUT2D eigenvalue weighted by Crippen LogP contribution is 2.11. The first-order valence-electron chi connectivity index (χ1n) is 9.46. The van der Waals surface area contributed by atoms with Gasteiger partial charge in [-0.1, -0.05) is 29.8 Å². The van der Waals surface area contributed by atoms with E-state index in [1.54, 1.807) is 17.0 Å². The minimum Gasteiger partial charge on any atom is -0.341 e. The molecule has 3 aromatic rings. The van der Waals surface area contributed by atoms with Crippen molar-refractivity contribution in [2.24, 2.45) is 0 Å². The molecule has 1 fully saturated rings. The fourth-order valence-electron chi connectivity index (χ4n) is 3.61. The van der Waals surface area contributed by atoms with Crippen molar-refractivity contribution in [3.63, 3.8) is 0 Å². The van der Waals surface area contributed by atoms with Crippen LogP contribution in [0.3, 0.4) is 0 Å². The summed E-state index contributed by atoms with van der Waals surface area (Å²) in [5, 5.41) is 0. The molecule has 0 N–H and O–H groups in total. The highest BCUT2D eigenvalue weighted by Gasteiger charge is 2.21. The molecule has 3 heterocycles. The van der Waals surface area contributed by atoms with Crippen LogP contribution in [0, 0.1) is 6.92 Å². The summed E-state index contributed by atoms with van der Waals surface area (Å²) in [5.74, 6) is -0.106. The van der Waals surface area contributed by atoms with E-state index < -0.39 is 11.2 Å². The molecule has 1 aliphatic rings. The predicted octanol–water partition coefficient (Wildman–Crippen LogP) is 1.54. The third kappa shape index (κ3) is 3.35. The normalized spacial score (nSPS) is 14.0. The first-order valence-corrected chi connectivity index (χ1v) is 9.46. The molecule has 1 amide bonds. The molecule has 0 saturated carbocycles. The van der Waals surface area contributed by atoms with Crippen molar-refractivity contribution in [3.05, 3.63) is 74.6 Å². The summed E-state index contributed by atoms with van der Waals surface area (Å²) < 4.78 is 2.54. The van der Waals surface area contributed by atoms with Gasteiger partial charge < -0.3 is 4.90 Å². The molecule has 0 aliphatic carbocycles. The Hall–Kier alpha value is -3.22. The lowest BCUT2D eigenvalue weighted by atomic mass is 10.1. The van der Waals surface area contributed by atoms with Crippen molar-refractivity contribution in [1.82, 2.24) is 19.0 Å². The molecule has 0 bridgehead atoms. The Bertz CT molecular complexity index is 1140. The van der Waals surface area contributed by atoms with Crippen LogP contribution in [0.25, 0.3) is 11.0 Å². The van der Waals surface area contributed by atoms with Gasteiger partial charge in [-0.15, -0.1) is 0 Å². The van der Waals surface area contributed by atoms with Gasteiger partial charge in [0.1, 0.15) is 6.54 Å². The van der Waals surface area contributed by atoms with Crippen molar-refractivity contribution < 1.29 is 4.79 Å². The molecule has 4 rings (SSSR count). The maximum atomic E-state index is 13.2. The summed E-state index contributed by atoms with van der Waals surface area (Å²) in [6.07, 6.45) is 3.49. The molecule has 144 valence electrons. The van der Waals surface area contributed by atoms with Gasteiger partial charge in [-0.2, -0.15) is 0 Å². The number of carbonyl (C=O) groups excluding carboxylic acids is 1. The van der Waals surface area contributed by atoms with Gasteiger partial charge in [0, 0.05) is 19.3 Å². The van der Waals surface area contributed by atoms with Gasteiger partial charge in [-0.3, -0.25) is 18.7 Å². The van der Waals surface area contributed by atoms with E-state index in [-0.39, 0.29) is 24.5 Å². The van der Waals surface area contributed by atoms with E-state index in [9.17, 15) is 14.4 Å². The van der Waals surface area contributed by atoms with Gasteiger partial charge in [-0.25, -0.2) is 9.78 Å². The van der Waals surface area contributed by atoms with E-state index in [4.69, 9.17) is 0 Å². The zero-order valence-corrected chi connectivity index (χ0v) is 15.8. The fraction of sp³-hybridized carbons (Fsp3) is 0.333. The second-order valence-electron chi connectivity index (χ2n) is 7.20. The van der Waals surface area contributed by atoms with Crippen LogP contribution < -0.4 is 11.2 Å². The van der Waals surface area contributed by atoms with Gasteiger partial charge in [0.05, 0.1) is 12.1 Å². The number of carbonyl (C=O) groups is 1. The average Bonchev–Trinajstić information content (AvgIpc) is 3.25. The highest BCUT2D eigenvalue weighted by atomic mass is 16.2. The van der Waals surface area contributed by atoms with E-state index in [0.717, 1.165) is 28.5 Å². The lowest BCUT2D eigenvalue weighted by molar-refractivity contribution is -0.130. The topological polar surface area (TPSA) is 77.2 Å². The number of nitrogens with zero attached hydrogens (tertiary/aromatic N) is 4. The summed E-state index contributed by atoms with van der Waals surface area (Å²) >= 11 is 0. The SMILES string of the molecule is Cc1ccc(Cn2c(=O)c3ncccc3n(CC(=O)N3CCCC3)c2=O)cc1. The molecule has 1 aliphatic heterocycles. The van der Waals surface area contributed by atoms with Crippen LogP contribution in [0.5, 0.6) is 0 Å². The minimum absolute atomic E-state index is 0.0881. The quantitative estimate of drug-likeness (QED) is 0.690. The van der Waals surface area contributed by atoms with Crippen LogP contribution in [0.2, 0.25) is 0 Å². The molecule has 2 aromatic heterocycles. The van der Waals surface area contributed by atoms with E-state index in [0.29, 0.717) is 18.6 Å². The van der Waals surface area contributed by atoms with Crippen molar-refractivity contribution in [3.8, 4) is 0 Å². The number of hydrogen-bond donors (Lipinski definition) is 0. The fourth-order valence-corrected chi connectivity index (χ4v) is 3.61. The van der Waals surface area contributed by atoms with E-state index in [1.165, 1.54) is 10.8 Å². The number of aromatic nitrogens is 3. The maximum Gasteiger partial charge on any atom is 0.332 e. The van der Waals surface area contributed by atoms with Gasteiger partial charge >= 0.3 is 5.69 Å². The Morgan fingerprint density at radius 2 is 1.75 bits per heavy atom. The molecule has 28 heavy (non-hydrogen) atoms. The molecular weight excluding hydrogens is 356 g/mol. The minimum atomic E-state index is -0.487. The Kier molecular flexibility index (Phi) is 4.81. The summed E-state index contributed by atoms with van der Waals surface area (Å²) in [6, 6.07) is 11.0. The number of benzene rings is 1. The third-order valence-corrected chi connectivity index (χ3v) is 5.20. The lowest BCUT2D eigenvalue weighted by Crippen LogP contribution is -2.43. The van der Waals surface area contributed by atoms with Crippen LogP contribution >= 0.6 is 0 Å². The number of amides is 1. The molecule has 7 heteroatoms. The summed E-state index contributed by atoms with van der Waals surface area (Å²) in [7, 11) is 0. The number of rotatable bonds is 4. The van der Waals surface area contributed by atoms with E-state index >= 15 is 0 Å². The van der Waals surface area contributed by atoms with E-state index in [2.05, 4.69) is 4.98 Å². The standard InChI is InChI=1S/C21H22N4O3/c1-15-6-8-16(9-7-15)13-25-20(27)19-17(5-4-10-22-19)24(21(25)28)14-18(26)23-11-2-3-12-23/h4-10H,2-3,11-14H2,1H3. The first-order chi connectivity index (χ1) is 13.5. The summed E-state index contributed by atoms with van der Waals surface area (Å²) in [4.78, 5) is 44.7. The van der Waals surface area contributed by atoms with Crippen molar-refractivity contribution in [2.45, 2.75) is 32.9 Å². The largest absolute Gasteiger partial charge is 0.341 e. The summed E-state index contributed by atoms with van der Waals surface area (Å²) in [6.45, 7) is 3.46. The van der Waals surface area contributed by atoms with Gasteiger partial charge in [-0.05, 0) is 37.5 Å². The van der Waals surface area contributed by atoms with Crippen LogP contribution in [0.1, 0.15) is 24.0 Å². The highest BCUT2D eigenvalue weighted by molar-refractivity contribution is 5.79. The van der Waals surface area contributed by atoms with Gasteiger partial charge in [0.25, 0.3) is 5.56 Å². The van der Waals surface area contributed by atoms with Crippen molar-refractivity contribution in [1.29, 1.82) is 0 Å². The average molecular weight is 378 g/mol. The molecule has 0 atom stereocenters. The zero-order chi connectivity index (χ0) is 19.7. The van der Waals surface area contributed by atoms with Crippen LogP contribution in [0.15, 0.2) is 52.2 Å². The molecular formula is C21H22N4O3. The lowest BCUT2D eigenvalue weighted by Gasteiger charge is -2.18.